The summed E-state index contributed by atoms with van der Waals surface area (Å²) in [6.45, 7) is 0.185. The van der Waals surface area contributed by atoms with Crippen LogP contribution in [0.5, 0.6) is 0 Å². The predicted molar refractivity (Wildman–Crippen MR) is 93.8 cm³/mol. The van der Waals surface area contributed by atoms with Gasteiger partial charge in [0.2, 0.25) is 10.0 Å². The van der Waals surface area contributed by atoms with E-state index < -0.39 is 26.0 Å². The normalized spacial score (nSPS) is 14.2. The van der Waals surface area contributed by atoms with E-state index in [1.54, 1.807) is 0 Å². The molecule has 0 fully saturated rings. The van der Waals surface area contributed by atoms with Gasteiger partial charge in [-0.1, -0.05) is 0 Å². The molecule has 26 heavy (non-hydrogen) atoms. The van der Waals surface area contributed by atoms with Crippen molar-refractivity contribution >= 4 is 31.7 Å². The van der Waals surface area contributed by atoms with Gasteiger partial charge in [-0.25, -0.2) is 26.8 Å². The Bertz CT molecular complexity index is 1080. The highest BCUT2D eigenvalue weighted by atomic mass is 32.2. The Balaban J connectivity index is 1.97. The molecule has 0 bridgehead atoms. The van der Waals surface area contributed by atoms with Crippen LogP contribution in [0.1, 0.15) is 15.9 Å². The molecule has 138 valence electrons. The molecule has 0 aliphatic carbocycles. The van der Waals surface area contributed by atoms with Gasteiger partial charge in [0.15, 0.2) is 0 Å². The van der Waals surface area contributed by atoms with Crippen molar-refractivity contribution in [3.05, 3.63) is 53.6 Å². The summed E-state index contributed by atoms with van der Waals surface area (Å²) in [6, 6.07) is 9.52. The largest absolute Gasteiger partial charge is 0.465 e. The lowest BCUT2D eigenvalue weighted by Crippen LogP contribution is -2.29. The maximum absolute atomic E-state index is 12.9. The maximum Gasteiger partial charge on any atom is 0.337 e. The van der Waals surface area contributed by atoms with Crippen LogP contribution < -0.4 is 9.44 Å². The van der Waals surface area contributed by atoms with E-state index in [1.807, 2.05) is 0 Å². The van der Waals surface area contributed by atoms with E-state index in [4.69, 9.17) is 5.14 Å². The molecule has 2 N–H and O–H groups in total. The van der Waals surface area contributed by atoms with Crippen molar-refractivity contribution in [1.82, 2.24) is 0 Å². The highest BCUT2D eigenvalue weighted by molar-refractivity contribution is 7.92. The number of sulfonamides is 2. The van der Waals surface area contributed by atoms with Gasteiger partial charge in [0.25, 0.3) is 10.0 Å². The van der Waals surface area contributed by atoms with E-state index >= 15 is 0 Å². The van der Waals surface area contributed by atoms with E-state index in [1.165, 1.54) is 53.9 Å². The maximum atomic E-state index is 12.9. The highest BCUT2D eigenvalue weighted by Crippen LogP contribution is 2.34. The number of nitrogens with zero attached hydrogens (tertiary/aromatic N) is 1. The van der Waals surface area contributed by atoms with Crippen LogP contribution in [0.25, 0.3) is 0 Å². The molecule has 0 aromatic heterocycles. The molecule has 0 unspecified atom stereocenters. The van der Waals surface area contributed by atoms with Gasteiger partial charge in [-0.2, -0.15) is 0 Å². The first-order chi connectivity index (χ1) is 12.1. The number of carbonyl (C=O) groups excluding carboxylic acids is 1. The van der Waals surface area contributed by atoms with Gasteiger partial charge in [0.1, 0.15) is 0 Å². The minimum atomic E-state index is -3.86. The van der Waals surface area contributed by atoms with E-state index in [0.717, 1.165) is 0 Å². The van der Waals surface area contributed by atoms with Crippen LogP contribution in [0.4, 0.5) is 5.69 Å². The zero-order valence-electron chi connectivity index (χ0n) is 13.7. The standard InChI is InChI=1S/C16H16N2O6S2/c1-24-16(19)11-2-4-13(5-3-11)26(22,23)18-9-8-12-10-14(25(17,20)21)6-7-15(12)18/h2-7,10H,8-9H2,1H3,(H2,17,20,21). The van der Waals surface area contributed by atoms with Crippen LogP contribution in [0, 0.1) is 0 Å². The average Bonchev–Trinajstić information content (AvgIpc) is 3.04. The van der Waals surface area contributed by atoms with Crippen LogP contribution in [-0.4, -0.2) is 36.5 Å². The van der Waals surface area contributed by atoms with E-state index in [-0.39, 0.29) is 21.9 Å². The first-order valence-electron chi connectivity index (χ1n) is 7.51. The number of hydrogen-bond acceptors (Lipinski definition) is 6. The number of fused-ring (bicyclic) bond motifs is 1. The van der Waals surface area contributed by atoms with Crippen molar-refractivity contribution in [2.45, 2.75) is 16.2 Å². The molecule has 8 nitrogen and oxygen atoms in total. The van der Waals surface area contributed by atoms with Crippen molar-refractivity contribution in [3.63, 3.8) is 0 Å². The number of primary sulfonamides is 1. The molecule has 10 heteroatoms. The molecule has 0 atom stereocenters. The van der Waals surface area contributed by atoms with Crippen molar-refractivity contribution in [2.75, 3.05) is 18.0 Å². The fourth-order valence-corrected chi connectivity index (χ4v) is 4.85. The molecule has 3 rings (SSSR count). The van der Waals surface area contributed by atoms with Crippen LogP contribution >= 0.6 is 0 Å². The minimum absolute atomic E-state index is 0.0218. The molecule has 0 saturated heterocycles. The quantitative estimate of drug-likeness (QED) is 0.765. The average molecular weight is 396 g/mol. The topological polar surface area (TPSA) is 124 Å². The lowest BCUT2D eigenvalue weighted by atomic mass is 10.2. The molecule has 1 heterocycles. The summed E-state index contributed by atoms with van der Waals surface area (Å²) in [6.07, 6.45) is 0.373. The molecule has 0 amide bonds. The van der Waals surface area contributed by atoms with Crippen LogP contribution in [-0.2, 0) is 31.2 Å². The third-order valence-electron chi connectivity index (χ3n) is 4.10. The van der Waals surface area contributed by atoms with Gasteiger partial charge in [-0.3, -0.25) is 4.31 Å². The molecule has 0 saturated carbocycles. The second-order valence-electron chi connectivity index (χ2n) is 5.68. The fraction of sp³-hybridized carbons (Fsp3) is 0.188. The SMILES string of the molecule is COC(=O)c1ccc(S(=O)(=O)N2CCc3cc(S(N)(=O)=O)ccc32)cc1. The third kappa shape index (κ3) is 3.18. The lowest BCUT2D eigenvalue weighted by molar-refractivity contribution is 0.0600. The Kier molecular flexibility index (Phi) is 4.51. The van der Waals surface area contributed by atoms with Crippen LogP contribution in [0.3, 0.4) is 0 Å². The van der Waals surface area contributed by atoms with Gasteiger partial charge < -0.3 is 4.74 Å². The van der Waals surface area contributed by atoms with E-state index in [0.29, 0.717) is 17.7 Å². The van der Waals surface area contributed by atoms with Crippen molar-refractivity contribution in [2.24, 2.45) is 5.14 Å². The van der Waals surface area contributed by atoms with Crippen LogP contribution in [0.15, 0.2) is 52.3 Å². The molecule has 0 spiro atoms. The first-order valence-corrected chi connectivity index (χ1v) is 10.5. The smallest absolute Gasteiger partial charge is 0.337 e. The predicted octanol–water partition coefficient (Wildman–Crippen LogP) is 0.872. The molecular weight excluding hydrogens is 380 g/mol. The number of hydrogen-bond donors (Lipinski definition) is 1. The van der Waals surface area contributed by atoms with Gasteiger partial charge in [-0.15, -0.1) is 0 Å². The molecule has 1 aliphatic rings. The van der Waals surface area contributed by atoms with Crippen molar-refractivity contribution < 1.29 is 26.4 Å². The van der Waals surface area contributed by atoms with Gasteiger partial charge >= 0.3 is 5.97 Å². The molecule has 1 aliphatic heterocycles. The zero-order valence-corrected chi connectivity index (χ0v) is 15.4. The Hall–Kier alpha value is -2.43. The number of ether oxygens (including phenoxy) is 1. The minimum Gasteiger partial charge on any atom is -0.465 e. The Morgan fingerprint density at radius 2 is 1.65 bits per heavy atom. The second kappa shape index (κ2) is 6.38. The monoisotopic (exact) mass is 396 g/mol. The summed E-state index contributed by atoms with van der Waals surface area (Å²) in [5, 5.41) is 5.11. The Morgan fingerprint density at radius 1 is 1.04 bits per heavy atom. The van der Waals surface area contributed by atoms with E-state index in [9.17, 15) is 21.6 Å². The number of esters is 1. The van der Waals surface area contributed by atoms with Gasteiger partial charge in [0.05, 0.1) is 28.2 Å². The number of nitrogens with two attached hydrogens (primary N) is 1. The first kappa shape index (κ1) is 18.4. The second-order valence-corrected chi connectivity index (χ2v) is 9.10. The Morgan fingerprint density at radius 3 is 2.23 bits per heavy atom. The summed E-state index contributed by atoms with van der Waals surface area (Å²) < 4.78 is 54.5. The fourth-order valence-electron chi connectivity index (χ4n) is 2.78. The number of benzene rings is 2. The summed E-state index contributed by atoms with van der Waals surface area (Å²) in [5.41, 5.74) is 1.24. The molecular formula is C16H16N2O6S2. The zero-order chi connectivity index (χ0) is 19.1. The number of carbonyl (C=O) groups is 1. The van der Waals surface area contributed by atoms with Gasteiger partial charge in [-0.05, 0) is 54.4 Å². The molecule has 2 aromatic carbocycles. The van der Waals surface area contributed by atoms with Crippen molar-refractivity contribution in [1.29, 1.82) is 0 Å². The lowest BCUT2D eigenvalue weighted by Gasteiger charge is -2.19. The Labute approximate surface area is 151 Å². The van der Waals surface area contributed by atoms with Crippen LogP contribution in [0.2, 0.25) is 0 Å². The van der Waals surface area contributed by atoms with E-state index in [2.05, 4.69) is 4.74 Å². The summed E-state index contributed by atoms with van der Waals surface area (Å²) >= 11 is 0. The summed E-state index contributed by atoms with van der Waals surface area (Å²) in [4.78, 5) is 11.4. The molecule has 2 aromatic rings. The number of anilines is 1. The third-order valence-corrected chi connectivity index (χ3v) is 6.83. The summed E-state index contributed by atoms with van der Waals surface area (Å²) in [7, 11) is -6.47. The number of rotatable bonds is 4. The van der Waals surface area contributed by atoms with Gasteiger partial charge in [0, 0.05) is 6.54 Å². The highest BCUT2D eigenvalue weighted by Gasteiger charge is 2.31. The number of methoxy groups -OCH3 is 1. The van der Waals surface area contributed by atoms with Crippen molar-refractivity contribution in [3.8, 4) is 0 Å². The summed E-state index contributed by atoms with van der Waals surface area (Å²) in [5.74, 6) is -0.559. The molecule has 0 radical (unpaired) electrons.